The van der Waals surface area contributed by atoms with Crippen LogP contribution in [0.25, 0.3) is 0 Å². The molecule has 1 saturated carbocycles. The molecule has 1 aliphatic rings. The lowest BCUT2D eigenvalue weighted by atomic mass is 9.94. The number of amides is 1. The molecular weight excluding hydrogens is 256 g/mol. The smallest absolute Gasteiger partial charge is 0.223 e. The number of nitrogens with two attached hydrogens (primary N) is 1. The molecule has 1 aromatic rings. The Labute approximate surface area is 119 Å². The van der Waals surface area contributed by atoms with E-state index < -0.39 is 0 Å². The number of thiophene rings is 1. The van der Waals surface area contributed by atoms with E-state index in [1.54, 1.807) is 11.3 Å². The van der Waals surface area contributed by atoms with Crippen LogP contribution >= 0.6 is 11.3 Å². The first-order chi connectivity index (χ1) is 9.26. The van der Waals surface area contributed by atoms with Crippen LogP contribution in [0.3, 0.4) is 0 Å². The Kier molecular flexibility index (Phi) is 5.40. The minimum atomic E-state index is 0.129. The second kappa shape index (κ2) is 7.06. The molecule has 0 bridgehead atoms. The van der Waals surface area contributed by atoms with Crippen LogP contribution < -0.4 is 11.1 Å². The molecule has 0 aliphatic heterocycles. The molecule has 0 radical (unpaired) electrons. The zero-order valence-corrected chi connectivity index (χ0v) is 12.4. The van der Waals surface area contributed by atoms with E-state index in [-0.39, 0.29) is 17.9 Å². The largest absolute Gasteiger partial charge is 0.348 e. The number of hydrogen-bond donors (Lipinski definition) is 2. The first-order valence-electron chi connectivity index (χ1n) is 7.30. The van der Waals surface area contributed by atoms with Crippen LogP contribution in [0.15, 0.2) is 17.5 Å². The Morgan fingerprint density at radius 1 is 1.58 bits per heavy atom. The van der Waals surface area contributed by atoms with E-state index in [2.05, 4.69) is 23.7 Å². The highest BCUT2D eigenvalue weighted by Crippen LogP contribution is 2.32. The molecule has 1 heterocycles. The van der Waals surface area contributed by atoms with Crippen molar-refractivity contribution in [3.05, 3.63) is 22.4 Å². The molecule has 1 aromatic heterocycles. The van der Waals surface area contributed by atoms with Crippen LogP contribution in [0.4, 0.5) is 0 Å². The summed E-state index contributed by atoms with van der Waals surface area (Å²) in [7, 11) is 0. The predicted octanol–water partition coefficient (Wildman–Crippen LogP) is 3.08. The molecule has 106 valence electrons. The molecule has 0 saturated heterocycles. The van der Waals surface area contributed by atoms with Crippen molar-refractivity contribution in [2.24, 2.45) is 17.6 Å². The fourth-order valence-electron chi connectivity index (χ4n) is 3.01. The average molecular weight is 280 g/mol. The van der Waals surface area contributed by atoms with E-state index >= 15 is 0 Å². The predicted molar refractivity (Wildman–Crippen MR) is 80.0 cm³/mol. The lowest BCUT2D eigenvalue weighted by Gasteiger charge is -2.22. The topological polar surface area (TPSA) is 55.1 Å². The maximum absolute atomic E-state index is 12.4. The molecule has 0 aromatic carbocycles. The van der Waals surface area contributed by atoms with E-state index in [1.165, 1.54) is 4.88 Å². The lowest BCUT2D eigenvalue weighted by Crippen LogP contribution is -2.37. The van der Waals surface area contributed by atoms with Gasteiger partial charge in [-0.2, -0.15) is 0 Å². The summed E-state index contributed by atoms with van der Waals surface area (Å²) in [6.45, 7) is 2.79. The highest BCUT2D eigenvalue weighted by molar-refractivity contribution is 7.10. The van der Waals surface area contributed by atoms with Crippen LogP contribution in [0.2, 0.25) is 0 Å². The van der Waals surface area contributed by atoms with Gasteiger partial charge in [-0.15, -0.1) is 11.3 Å². The maximum Gasteiger partial charge on any atom is 0.223 e. The van der Waals surface area contributed by atoms with Crippen LogP contribution in [-0.2, 0) is 4.79 Å². The summed E-state index contributed by atoms with van der Waals surface area (Å²) in [4.78, 5) is 13.7. The molecule has 2 rings (SSSR count). The summed E-state index contributed by atoms with van der Waals surface area (Å²) in [6.07, 6.45) is 5.32. The van der Waals surface area contributed by atoms with Gasteiger partial charge >= 0.3 is 0 Å². The molecular formula is C15H24N2OS. The van der Waals surface area contributed by atoms with E-state index in [0.717, 1.165) is 32.1 Å². The van der Waals surface area contributed by atoms with Crippen LogP contribution in [0.1, 0.15) is 49.9 Å². The fourth-order valence-corrected chi connectivity index (χ4v) is 3.82. The van der Waals surface area contributed by atoms with Gasteiger partial charge in [0.05, 0.1) is 6.04 Å². The van der Waals surface area contributed by atoms with Crippen molar-refractivity contribution in [2.75, 3.05) is 6.54 Å². The van der Waals surface area contributed by atoms with E-state index in [4.69, 9.17) is 5.73 Å². The maximum atomic E-state index is 12.4. The van der Waals surface area contributed by atoms with Crippen molar-refractivity contribution in [3.8, 4) is 0 Å². The van der Waals surface area contributed by atoms with E-state index in [9.17, 15) is 4.79 Å². The third-order valence-corrected chi connectivity index (χ3v) is 5.07. The Hall–Kier alpha value is -0.870. The van der Waals surface area contributed by atoms with Gasteiger partial charge in [-0.3, -0.25) is 4.79 Å². The summed E-state index contributed by atoms with van der Waals surface area (Å²) in [5.74, 6) is 0.717. The molecule has 1 amide bonds. The first-order valence-corrected chi connectivity index (χ1v) is 8.18. The van der Waals surface area contributed by atoms with E-state index in [1.807, 2.05) is 6.07 Å². The quantitative estimate of drug-likeness (QED) is 0.841. The fraction of sp³-hybridized carbons (Fsp3) is 0.667. The molecule has 1 aliphatic carbocycles. The molecule has 3 unspecified atom stereocenters. The molecule has 0 spiro atoms. The van der Waals surface area contributed by atoms with Gasteiger partial charge in [0.15, 0.2) is 0 Å². The summed E-state index contributed by atoms with van der Waals surface area (Å²) < 4.78 is 0. The van der Waals surface area contributed by atoms with Gasteiger partial charge in [-0.05, 0) is 43.2 Å². The second-order valence-corrected chi connectivity index (χ2v) is 6.38. The number of rotatable bonds is 6. The highest BCUT2D eigenvalue weighted by atomic mass is 32.1. The Morgan fingerprint density at radius 3 is 3.05 bits per heavy atom. The van der Waals surface area contributed by atoms with Crippen molar-refractivity contribution in [1.82, 2.24) is 5.32 Å². The van der Waals surface area contributed by atoms with Gasteiger partial charge < -0.3 is 11.1 Å². The third kappa shape index (κ3) is 3.57. The summed E-state index contributed by atoms with van der Waals surface area (Å²) in [5.41, 5.74) is 5.77. The highest BCUT2D eigenvalue weighted by Gasteiger charge is 2.32. The van der Waals surface area contributed by atoms with Crippen molar-refractivity contribution in [3.63, 3.8) is 0 Å². The second-order valence-electron chi connectivity index (χ2n) is 5.40. The Bertz CT molecular complexity index is 391. The molecule has 1 fully saturated rings. The number of hydrogen-bond acceptors (Lipinski definition) is 3. The van der Waals surface area contributed by atoms with Crippen LogP contribution in [0.5, 0.6) is 0 Å². The standard InChI is InChI=1S/C15H24N2OS/c1-2-5-13(14-8-4-9-19-14)17-15(18)12-7-3-6-11(12)10-16/h4,8-9,11-13H,2-3,5-7,10,16H2,1H3,(H,17,18). The minimum absolute atomic E-state index is 0.129. The summed E-state index contributed by atoms with van der Waals surface area (Å²) in [6, 6.07) is 4.34. The SMILES string of the molecule is CCCC(NC(=O)C1CCCC1CN)c1cccs1. The number of carbonyl (C=O) groups is 1. The first kappa shape index (κ1) is 14.5. The monoisotopic (exact) mass is 280 g/mol. The molecule has 19 heavy (non-hydrogen) atoms. The van der Waals surface area contributed by atoms with Gasteiger partial charge in [-0.1, -0.05) is 25.8 Å². The van der Waals surface area contributed by atoms with Crippen molar-refractivity contribution in [2.45, 2.75) is 45.1 Å². The Balaban J connectivity index is 1.99. The normalized spacial score (nSPS) is 24.3. The zero-order valence-electron chi connectivity index (χ0n) is 11.6. The third-order valence-electron chi connectivity index (χ3n) is 4.08. The van der Waals surface area contributed by atoms with E-state index in [0.29, 0.717) is 12.5 Å². The average Bonchev–Trinajstić information content (AvgIpc) is 3.09. The van der Waals surface area contributed by atoms with Crippen molar-refractivity contribution >= 4 is 17.2 Å². The van der Waals surface area contributed by atoms with Gasteiger partial charge in [0.25, 0.3) is 0 Å². The Morgan fingerprint density at radius 2 is 2.42 bits per heavy atom. The van der Waals surface area contributed by atoms with Crippen molar-refractivity contribution < 1.29 is 4.79 Å². The summed E-state index contributed by atoms with van der Waals surface area (Å²) in [5, 5.41) is 5.31. The summed E-state index contributed by atoms with van der Waals surface area (Å²) >= 11 is 1.72. The molecule has 4 heteroatoms. The molecule has 3 nitrogen and oxygen atoms in total. The molecule has 3 N–H and O–H groups in total. The molecule has 3 atom stereocenters. The van der Waals surface area contributed by atoms with Gasteiger partial charge in [0, 0.05) is 10.8 Å². The number of carbonyl (C=O) groups excluding carboxylic acids is 1. The van der Waals surface area contributed by atoms with Crippen LogP contribution in [-0.4, -0.2) is 12.5 Å². The van der Waals surface area contributed by atoms with Gasteiger partial charge in [0.2, 0.25) is 5.91 Å². The lowest BCUT2D eigenvalue weighted by molar-refractivity contribution is -0.126. The van der Waals surface area contributed by atoms with Crippen LogP contribution in [0, 0.1) is 11.8 Å². The van der Waals surface area contributed by atoms with Crippen molar-refractivity contribution in [1.29, 1.82) is 0 Å². The van der Waals surface area contributed by atoms with Gasteiger partial charge in [-0.25, -0.2) is 0 Å². The minimum Gasteiger partial charge on any atom is -0.348 e. The zero-order chi connectivity index (χ0) is 13.7. The van der Waals surface area contributed by atoms with Gasteiger partial charge in [0.1, 0.15) is 0 Å². The number of nitrogens with one attached hydrogen (secondary N) is 1.